The predicted octanol–water partition coefficient (Wildman–Crippen LogP) is 1.55. The standard InChI is InChI=1S/C15H22O4/c1-9-4-3-5-14(2)6-7-15(18)10(8-16)13(17)19-12(15)11(9)14/h10,12,16,18H,3-8H2,1-2H3/t10-,12?,14+,15+/m0/s1. The summed E-state index contributed by atoms with van der Waals surface area (Å²) in [4.78, 5) is 11.9. The van der Waals surface area contributed by atoms with Crippen molar-refractivity contribution in [3.63, 3.8) is 0 Å². The van der Waals surface area contributed by atoms with Crippen molar-refractivity contribution >= 4 is 5.97 Å². The van der Waals surface area contributed by atoms with E-state index in [0.717, 1.165) is 31.3 Å². The number of carbonyl (C=O) groups excluding carboxylic acids is 1. The van der Waals surface area contributed by atoms with E-state index in [0.29, 0.717) is 6.42 Å². The highest BCUT2D eigenvalue weighted by molar-refractivity contribution is 5.78. The van der Waals surface area contributed by atoms with Gasteiger partial charge in [0.05, 0.1) is 6.61 Å². The zero-order valence-electron chi connectivity index (χ0n) is 11.6. The van der Waals surface area contributed by atoms with Crippen LogP contribution in [0.5, 0.6) is 0 Å². The Morgan fingerprint density at radius 1 is 1.37 bits per heavy atom. The maximum Gasteiger partial charge on any atom is 0.315 e. The fourth-order valence-electron chi connectivity index (χ4n) is 4.34. The van der Waals surface area contributed by atoms with Crippen LogP contribution >= 0.6 is 0 Å². The number of hydrogen-bond donors (Lipinski definition) is 2. The number of aliphatic hydroxyl groups is 2. The zero-order valence-corrected chi connectivity index (χ0v) is 11.6. The van der Waals surface area contributed by atoms with E-state index in [-0.39, 0.29) is 12.0 Å². The fourth-order valence-corrected chi connectivity index (χ4v) is 4.34. The molecule has 2 N–H and O–H groups in total. The molecule has 3 aliphatic rings. The topological polar surface area (TPSA) is 66.8 Å². The van der Waals surface area contributed by atoms with E-state index in [9.17, 15) is 15.0 Å². The van der Waals surface area contributed by atoms with Crippen molar-refractivity contribution in [1.29, 1.82) is 0 Å². The number of carbonyl (C=O) groups is 1. The van der Waals surface area contributed by atoms with Gasteiger partial charge in [-0.3, -0.25) is 4.79 Å². The highest BCUT2D eigenvalue weighted by atomic mass is 16.6. The molecule has 1 saturated carbocycles. The van der Waals surface area contributed by atoms with E-state index in [1.54, 1.807) is 0 Å². The maximum atomic E-state index is 11.9. The Kier molecular flexibility index (Phi) is 2.81. The van der Waals surface area contributed by atoms with Crippen LogP contribution in [0.2, 0.25) is 0 Å². The van der Waals surface area contributed by atoms with E-state index in [4.69, 9.17) is 4.74 Å². The molecule has 1 aliphatic heterocycles. The van der Waals surface area contributed by atoms with Gasteiger partial charge < -0.3 is 14.9 Å². The Morgan fingerprint density at radius 2 is 2.11 bits per heavy atom. The molecule has 4 nitrogen and oxygen atoms in total. The normalized spacial score (nSPS) is 45.8. The van der Waals surface area contributed by atoms with Gasteiger partial charge in [0, 0.05) is 0 Å². The van der Waals surface area contributed by atoms with Crippen molar-refractivity contribution in [2.75, 3.05) is 6.61 Å². The van der Waals surface area contributed by atoms with Gasteiger partial charge in [-0.1, -0.05) is 12.5 Å². The first kappa shape index (κ1) is 13.1. The molecule has 106 valence electrons. The average molecular weight is 266 g/mol. The molecule has 1 unspecified atom stereocenters. The minimum atomic E-state index is -1.21. The second-order valence-corrected chi connectivity index (χ2v) is 6.65. The fraction of sp³-hybridized carbons (Fsp3) is 0.800. The molecule has 19 heavy (non-hydrogen) atoms. The van der Waals surface area contributed by atoms with Crippen LogP contribution < -0.4 is 0 Å². The van der Waals surface area contributed by atoms with Crippen LogP contribution in [-0.2, 0) is 9.53 Å². The van der Waals surface area contributed by atoms with Crippen LogP contribution in [0.4, 0.5) is 0 Å². The lowest BCUT2D eigenvalue weighted by Crippen LogP contribution is -2.53. The number of aliphatic hydroxyl groups excluding tert-OH is 1. The zero-order chi connectivity index (χ0) is 13.8. The summed E-state index contributed by atoms with van der Waals surface area (Å²) in [5, 5.41) is 20.3. The molecule has 0 aromatic rings. The maximum absolute atomic E-state index is 11.9. The first-order chi connectivity index (χ1) is 8.92. The van der Waals surface area contributed by atoms with Gasteiger partial charge >= 0.3 is 5.97 Å². The van der Waals surface area contributed by atoms with E-state index in [2.05, 4.69) is 13.8 Å². The van der Waals surface area contributed by atoms with Gasteiger partial charge in [-0.25, -0.2) is 0 Å². The molecule has 0 amide bonds. The number of ether oxygens (including phenoxy) is 1. The number of fused-ring (bicyclic) bond motifs is 3. The van der Waals surface area contributed by atoms with Crippen molar-refractivity contribution in [2.24, 2.45) is 11.3 Å². The molecule has 1 saturated heterocycles. The lowest BCUT2D eigenvalue weighted by atomic mass is 9.58. The van der Waals surface area contributed by atoms with Gasteiger partial charge in [-0.2, -0.15) is 0 Å². The van der Waals surface area contributed by atoms with Crippen LogP contribution in [0.3, 0.4) is 0 Å². The molecule has 0 spiro atoms. The smallest absolute Gasteiger partial charge is 0.315 e. The van der Waals surface area contributed by atoms with Crippen LogP contribution in [0, 0.1) is 11.3 Å². The molecule has 4 atom stereocenters. The summed E-state index contributed by atoms with van der Waals surface area (Å²) in [5.41, 5.74) is 1.21. The highest BCUT2D eigenvalue weighted by Crippen LogP contribution is 2.56. The minimum absolute atomic E-state index is 0.0455. The van der Waals surface area contributed by atoms with Gasteiger partial charge in [0.25, 0.3) is 0 Å². The number of rotatable bonds is 1. The van der Waals surface area contributed by atoms with E-state index in [1.807, 2.05) is 0 Å². The molecule has 0 bridgehead atoms. The number of esters is 1. The van der Waals surface area contributed by atoms with Crippen molar-refractivity contribution in [3.8, 4) is 0 Å². The Morgan fingerprint density at radius 3 is 2.79 bits per heavy atom. The van der Waals surface area contributed by atoms with Gasteiger partial charge in [0.15, 0.2) is 6.10 Å². The first-order valence-corrected chi connectivity index (χ1v) is 7.16. The largest absolute Gasteiger partial charge is 0.454 e. The molecule has 0 aromatic heterocycles. The van der Waals surface area contributed by atoms with Crippen molar-refractivity contribution in [1.82, 2.24) is 0 Å². The Bertz CT molecular complexity index is 455. The third-order valence-electron chi connectivity index (χ3n) is 5.49. The molecule has 0 aromatic carbocycles. The van der Waals surface area contributed by atoms with Crippen LogP contribution in [0.15, 0.2) is 11.1 Å². The Labute approximate surface area is 113 Å². The molecule has 1 heterocycles. The summed E-state index contributed by atoms with van der Waals surface area (Å²) in [6, 6.07) is 0. The summed E-state index contributed by atoms with van der Waals surface area (Å²) in [7, 11) is 0. The molecule has 0 radical (unpaired) electrons. The second kappa shape index (κ2) is 4.06. The minimum Gasteiger partial charge on any atom is -0.454 e. The van der Waals surface area contributed by atoms with Crippen molar-refractivity contribution in [2.45, 2.75) is 57.7 Å². The van der Waals surface area contributed by atoms with Crippen molar-refractivity contribution in [3.05, 3.63) is 11.1 Å². The summed E-state index contributed by atoms with van der Waals surface area (Å²) in [6.45, 7) is 3.96. The highest BCUT2D eigenvalue weighted by Gasteiger charge is 2.62. The van der Waals surface area contributed by atoms with Gasteiger partial charge in [0.1, 0.15) is 11.5 Å². The third-order valence-corrected chi connectivity index (χ3v) is 5.49. The first-order valence-electron chi connectivity index (χ1n) is 7.16. The van der Waals surface area contributed by atoms with E-state index < -0.39 is 23.6 Å². The van der Waals surface area contributed by atoms with Crippen LogP contribution in [0.25, 0.3) is 0 Å². The summed E-state index contributed by atoms with van der Waals surface area (Å²) in [6.07, 6.45) is 4.11. The third kappa shape index (κ3) is 1.62. The average Bonchev–Trinajstić information content (AvgIpc) is 2.59. The van der Waals surface area contributed by atoms with Gasteiger partial charge in [0.2, 0.25) is 0 Å². The molecule has 2 aliphatic carbocycles. The van der Waals surface area contributed by atoms with Gasteiger partial charge in [-0.05, 0) is 50.0 Å². The summed E-state index contributed by atoms with van der Waals surface area (Å²) >= 11 is 0. The summed E-state index contributed by atoms with van der Waals surface area (Å²) in [5.74, 6) is -1.24. The van der Waals surface area contributed by atoms with Crippen LogP contribution in [-0.4, -0.2) is 34.5 Å². The Balaban J connectivity index is 2.08. The van der Waals surface area contributed by atoms with Crippen molar-refractivity contribution < 1.29 is 19.7 Å². The SMILES string of the molecule is CC1=C2C3OC(=O)[C@H](CO)[C@]3(O)CC[C@@]2(C)CCC1. The molecular formula is C15H22O4. The lowest BCUT2D eigenvalue weighted by molar-refractivity contribution is -0.144. The monoisotopic (exact) mass is 266 g/mol. The van der Waals surface area contributed by atoms with Gasteiger partial charge in [-0.15, -0.1) is 0 Å². The molecule has 3 rings (SSSR count). The lowest BCUT2D eigenvalue weighted by Gasteiger charge is -2.49. The predicted molar refractivity (Wildman–Crippen MR) is 69.3 cm³/mol. The van der Waals surface area contributed by atoms with Crippen LogP contribution in [0.1, 0.15) is 46.0 Å². The molecule has 4 heteroatoms. The quantitative estimate of drug-likeness (QED) is 0.558. The molecule has 2 fully saturated rings. The van der Waals surface area contributed by atoms with E-state index in [1.165, 1.54) is 5.57 Å². The second-order valence-electron chi connectivity index (χ2n) is 6.65. The summed E-state index contributed by atoms with van der Waals surface area (Å²) < 4.78 is 5.47. The number of allylic oxidation sites excluding steroid dienone is 1. The molecular weight excluding hydrogens is 244 g/mol. The number of hydrogen-bond acceptors (Lipinski definition) is 4. The van der Waals surface area contributed by atoms with E-state index >= 15 is 0 Å². The Hall–Kier alpha value is -0.870.